The molecule has 124 valence electrons. The number of anilines is 1. The van der Waals surface area contributed by atoms with Gasteiger partial charge in [0.25, 0.3) is 0 Å². The molecule has 0 spiro atoms. The van der Waals surface area contributed by atoms with Crippen LogP contribution in [0.5, 0.6) is 0 Å². The zero-order valence-corrected chi connectivity index (χ0v) is 14.0. The Morgan fingerprint density at radius 3 is 2.91 bits per heavy atom. The van der Waals surface area contributed by atoms with E-state index in [1.165, 1.54) is 0 Å². The smallest absolute Gasteiger partial charge is 0.238 e. The third-order valence-corrected chi connectivity index (χ3v) is 6.03. The van der Waals surface area contributed by atoms with Gasteiger partial charge in [0.2, 0.25) is 5.91 Å². The van der Waals surface area contributed by atoms with Gasteiger partial charge in [0.1, 0.15) is 5.58 Å². The molecule has 1 N–H and O–H groups in total. The number of carbonyl (C=O) groups excluding carboxylic acids is 1. The van der Waals surface area contributed by atoms with Crippen LogP contribution in [-0.4, -0.2) is 50.4 Å². The average Bonchev–Trinajstić information content (AvgIpc) is 3.02. The van der Waals surface area contributed by atoms with Gasteiger partial charge in [-0.05, 0) is 44.2 Å². The molecule has 2 aromatic rings. The highest BCUT2D eigenvalue weighted by Crippen LogP contribution is 2.24. The lowest BCUT2D eigenvalue weighted by molar-refractivity contribution is -0.117. The minimum Gasteiger partial charge on any atom is -0.464 e. The quantitative estimate of drug-likeness (QED) is 0.921. The van der Waals surface area contributed by atoms with Gasteiger partial charge in [-0.1, -0.05) is 0 Å². The molecule has 23 heavy (non-hydrogen) atoms. The molecule has 1 atom stereocenters. The maximum atomic E-state index is 12.2. The standard InChI is InChI=1S/C16H20N2O4S/c1-11-9-22-15-4-3-12(7-14(11)15)17-16(19)8-18(2)13-5-6-23(20,21)10-13/h3-4,7,9,13H,5-6,8,10H2,1-2H3,(H,17,19)/t13-/m1/s1. The predicted molar refractivity (Wildman–Crippen MR) is 89.3 cm³/mol. The molecule has 3 rings (SSSR count). The molecule has 7 heteroatoms. The molecule has 0 unspecified atom stereocenters. The van der Waals surface area contributed by atoms with E-state index >= 15 is 0 Å². The molecule has 1 aliphatic rings. The molecule has 1 saturated heterocycles. The van der Waals surface area contributed by atoms with Gasteiger partial charge in [-0.15, -0.1) is 0 Å². The fourth-order valence-corrected chi connectivity index (χ4v) is 4.72. The Balaban J connectivity index is 1.63. The topological polar surface area (TPSA) is 79.6 Å². The molecule has 0 radical (unpaired) electrons. The highest BCUT2D eigenvalue weighted by atomic mass is 32.2. The van der Waals surface area contributed by atoms with Crippen molar-refractivity contribution < 1.29 is 17.6 Å². The molecule has 2 heterocycles. The predicted octanol–water partition coefficient (Wildman–Crippen LogP) is 1.80. The molecule has 1 aromatic heterocycles. The SMILES string of the molecule is Cc1coc2ccc(NC(=O)CN(C)[C@@H]3CCS(=O)(=O)C3)cc12. The van der Waals surface area contributed by atoms with Gasteiger partial charge in [-0.2, -0.15) is 0 Å². The number of fused-ring (bicyclic) bond motifs is 1. The van der Waals surface area contributed by atoms with Crippen molar-refractivity contribution in [3.63, 3.8) is 0 Å². The number of nitrogens with one attached hydrogen (secondary N) is 1. The van der Waals surface area contributed by atoms with E-state index in [2.05, 4.69) is 5.32 Å². The highest BCUT2D eigenvalue weighted by Gasteiger charge is 2.31. The van der Waals surface area contributed by atoms with E-state index in [0.29, 0.717) is 12.1 Å². The minimum atomic E-state index is -2.94. The Hall–Kier alpha value is -1.86. The lowest BCUT2D eigenvalue weighted by Gasteiger charge is -2.22. The highest BCUT2D eigenvalue weighted by molar-refractivity contribution is 7.91. The van der Waals surface area contributed by atoms with Crippen LogP contribution in [0, 0.1) is 6.92 Å². The van der Waals surface area contributed by atoms with Crippen LogP contribution in [0.4, 0.5) is 5.69 Å². The van der Waals surface area contributed by atoms with Crippen molar-refractivity contribution in [3.05, 3.63) is 30.0 Å². The molecule has 1 aliphatic heterocycles. The maximum Gasteiger partial charge on any atom is 0.238 e. The lowest BCUT2D eigenvalue weighted by atomic mass is 10.2. The Kier molecular flexibility index (Phi) is 4.16. The second-order valence-electron chi connectivity index (χ2n) is 6.15. The Labute approximate surface area is 135 Å². The number of rotatable bonds is 4. The van der Waals surface area contributed by atoms with Gasteiger partial charge < -0.3 is 9.73 Å². The largest absolute Gasteiger partial charge is 0.464 e. The molecule has 1 amide bonds. The van der Waals surface area contributed by atoms with Crippen LogP contribution >= 0.6 is 0 Å². The van der Waals surface area contributed by atoms with Crippen LogP contribution in [0.3, 0.4) is 0 Å². The molecule has 1 aromatic carbocycles. The van der Waals surface area contributed by atoms with Gasteiger partial charge in [0.15, 0.2) is 9.84 Å². The number of likely N-dealkylation sites (N-methyl/N-ethyl adjacent to an activating group) is 1. The first-order chi connectivity index (χ1) is 10.8. The van der Waals surface area contributed by atoms with E-state index in [9.17, 15) is 13.2 Å². The third kappa shape index (κ3) is 3.56. The Morgan fingerprint density at radius 2 is 2.22 bits per heavy atom. The summed E-state index contributed by atoms with van der Waals surface area (Å²) in [4.78, 5) is 14.0. The number of benzene rings is 1. The fourth-order valence-electron chi connectivity index (χ4n) is 2.91. The van der Waals surface area contributed by atoms with Crippen molar-refractivity contribution >= 4 is 32.4 Å². The van der Waals surface area contributed by atoms with Gasteiger partial charge >= 0.3 is 0 Å². The van der Waals surface area contributed by atoms with Crippen LogP contribution in [0.1, 0.15) is 12.0 Å². The van der Waals surface area contributed by atoms with E-state index in [1.807, 2.05) is 24.0 Å². The van der Waals surface area contributed by atoms with E-state index in [0.717, 1.165) is 16.5 Å². The summed E-state index contributed by atoms with van der Waals surface area (Å²) in [6.07, 6.45) is 2.27. The van der Waals surface area contributed by atoms with Crippen LogP contribution < -0.4 is 5.32 Å². The number of hydrogen-bond donors (Lipinski definition) is 1. The first-order valence-corrected chi connectivity index (χ1v) is 9.34. The number of hydrogen-bond acceptors (Lipinski definition) is 5. The molecule has 0 bridgehead atoms. The van der Waals surface area contributed by atoms with Crippen LogP contribution in [0.25, 0.3) is 11.0 Å². The fraction of sp³-hybridized carbons (Fsp3) is 0.438. The van der Waals surface area contributed by atoms with Crippen molar-refractivity contribution in [2.75, 3.05) is 30.4 Å². The van der Waals surface area contributed by atoms with E-state index < -0.39 is 9.84 Å². The van der Waals surface area contributed by atoms with Crippen molar-refractivity contribution in [1.29, 1.82) is 0 Å². The van der Waals surface area contributed by atoms with Gasteiger partial charge in [0.05, 0.1) is 24.3 Å². The first kappa shape index (κ1) is 16.0. The Morgan fingerprint density at radius 1 is 1.43 bits per heavy atom. The molecular formula is C16H20N2O4S. The molecular weight excluding hydrogens is 316 g/mol. The number of sulfone groups is 1. The number of nitrogens with zero attached hydrogens (tertiary/aromatic N) is 1. The molecule has 1 fully saturated rings. The van der Waals surface area contributed by atoms with Crippen LogP contribution in [0.2, 0.25) is 0 Å². The molecule has 0 saturated carbocycles. The Bertz CT molecular complexity index is 841. The summed E-state index contributed by atoms with van der Waals surface area (Å²) >= 11 is 0. The summed E-state index contributed by atoms with van der Waals surface area (Å²) in [6.45, 7) is 2.12. The van der Waals surface area contributed by atoms with E-state index in [4.69, 9.17) is 4.42 Å². The lowest BCUT2D eigenvalue weighted by Crippen LogP contribution is -2.38. The zero-order chi connectivity index (χ0) is 16.6. The summed E-state index contributed by atoms with van der Waals surface area (Å²) in [5, 5.41) is 3.82. The zero-order valence-electron chi connectivity index (χ0n) is 13.2. The summed E-state index contributed by atoms with van der Waals surface area (Å²) in [6, 6.07) is 5.42. The van der Waals surface area contributed by atoms with Crippen molar-refractivity contribution in [2.24, 2.45) is 0 Å². The summed E-state index contributed by atoms with van der Waals surface area (Å²) in [5.41, 5.74) is 2.51. The molecule has 6 nitrogen and oxygen atoms in total. The van der Waals surface area contributed by atoms with Gasteiger partial charge in [-0.25, -0.2) is 8.42 Å². The normalized spacial score (nSPS) is 20.2. The van der Waals surface area contributed by atoms with Crippen LogP contribution in [-0.2, 0) is 14.6 Å². The second kappa shape index (κ2) is 5.98. The summed E-state index contributed by atoms with van der Waals surface area (Å²) in [5.74, 6) is 0.189. The number of aryl methyl sites for hydroxylation is 1. The van der Waals surface area contributed by atoms with Crippen molar-refractivity contribution in [1.82, 2.24) is 4.90 Å². The van der Waals surface area contributed by atoms with E-state index in [-0.39, 0.29) is 30.0 Å². The van der Waals surface area contributed by atoms with Gasteiger partial charge in [0, 0.05) is 17.1 Å². The maximum absolute atomic E-state index is 12.2. The number of furan rings is 1. The van der Waals surface area contributed by atoms with Crippen molar-refractivity contribution in [2.45, 2.75) is 19.4 Å². The van der Waals surface area contributed by atoms with E-state index in [1.54, 1.807) is 19.4 Å². The summed E-state index contributed by atoms with van der Waals surface area (Å²) < 4.78 is 28.4. The monoisotopic (exact) mass is 336 g/mol. The first-order valence-electron chi connectivity index (χ1n) is 7.52. The van der Waals surface area contributed by atoms with Crippen LogP contribution in [0.15, 0.2) is 28.9 Å². The molecule has 0 aliphatic carbocycles. The average molecular weight is 336 g/mol. The minimum absolute atomic E-state index is 0.0793. The number of carbonyl (C=O) groups is 1. The number of amides is 1. The second-order valence-corrected chi connectivity index (χ2v) is 8.38. The summed E-state index contributed by atoms with van der Waals surface area (Å²) in [7, 11) is -1.16. The third-order valence-electron chi connectivity index (χ3n) is 4.28. The van der Waals surface area contributed by atoms with Gasteiger partial charge in [-0.3, -0.25) is 9.69 Å². The van der Waals surface area contributed by atoms with Crippen molar-refractivity contribution in [3.8, 4) is 0 Å².